The second kappa shape index (κ2) is 16.3. The van der Waals surface area contributed by atoms with Gasteiger partial charge in [-0.2, -0.15) is 34.8 Å². The van der Waals surface area contributed by atoms with Crippen molar-refractivity contribution in [3.8, 4) is 0 Å². The molecule has 2 saturated heterocycles. The van der Waals surface area contributed by atoms with Gasteiger partial charge in [-0.3, -0.25) is 13.8 Å². The highest BCUT2D eigenvalue weighted by Gasteiger charge is 2.67. The molecule has 0 amide bonds. The first-order chi connectivity index (χ1) is 29.6. The normalized spacial score (nSPS) is 38.6. The Morgan fingerprint density at radius 1 is 0.708 bits per heavy atom. The number of halogens is 7. The summed E-state index contributed by atoms with van der Waals surface area (Å²) in [6.45, 7) is -0.660. The van der Waals surface area contributed by atoms with Crippen LogP contribution in [0, 0.1) is 52.8 Å². The molecule has 31 heteroatoms. The van der Waals surface area contributed by atoms with Gasteiger partial charge in [-0.1, -0.05) is 0 Å². The van der Waals surface area contributed by atoms with Crippen molar-refractivity contribution < 1.29 is 120 Å². The predicted molar refractivity (Wildman–Crippen MR) is 188 cm³/mol. The summed E-state index contributed by atoms with van der Waals surface area (Å²) in [5, 5.41) is -16.1. The summed E-state index contributed by atoms with van der Waals surface area (Å²) < 4.78 is 232. The van der Waals surface area contributed by atoms with Gasteiger partial charge in [0.1, 0.15) is 24.4 Å². The molecule has 65 heavy (non-hydrogen) atoms. The van der Waals surface area contributed by atoms with Gasteiger partial charge in [0.2, 0.25) is 0 Å². The smallest absolute Gasteiger partial charge is 0.428 e. The molecular formula is C34H38F7O20S4-3. The van der Waals surface area contributed by atoms with Crippen molar-refractivity contribution in [1.82, 2.24) is 0 Å². The van der Waals surface area contributed by atoms with Gasteiger partial charge < -0.3 is 32.6 Å². The number of carbonyl (C=O) groups excluding carboxylic acids is 4. The highest BCUT2D eigenvalue weighted by molar-refractivity contribution is 7.88. The van der Waals surface area contributed by atoms with Gasteiger partial charge in [-0.15, -0.1) is 0 Å². The Morgan fingerprint density at radius 3 is 1.65 bits per heavy atom. The molecule has 0 spiro atoms. The molecule has 0 aromatic heterocycles. The SMILES string of the molecule is O=C(OC1C2CC3C1OS(=O)(=O)C3C2)C(F)(F)S(=O)(=O)[O-].O=C(OCCC(F)C(F)(F)S(=O)(=O)[O-])C12CC3CC(CC(C3)C1)C2.O=C1OC2C3CC(CC13)C2OC(=O)C(F)(F)S(=O)(=O)[O-]. The molecule has 10 fully saturated rings. The van der Waals surface area contributed by atoms with Crippen molar-refractivity contribution in [2.75, 3.05) is 6.61 Å². The standard InChI is InChI=1S/C15H21F3O5S.C10H10F2O7S.C9H10F2O8S2/c16-12(15(17,18)24(20,21)22)1-2-23-13(19)14-6-9-3-10(7-14)5-11(4-9)8-14;11-10(12,20(15,16)17)9(14)19-6-3-1-4-5(2-3)8(13)18-7(4)6;10-9(11,21(15,16)17)8(12)18-6-3-1-4-5(2-3)20(13,14)19-7(4)6/h9-12H,1-8H2,(H,20,21,22);3-7H,1-2H2,(H,15,16,17);3-7H,1-2H2,(H,15,16,17)/p-3. The van der Waals surface area contributed by atoms with E-state index in [-0.39, 0.29) is 24.2 Å². The Morgan fingerprint density at radius 2 is 1.17 bits per heavy atom. The Balaban J connectivity index is 0.000000146. The monoisotopic (exact) mass is 1030 g/mol. The number of fused-ring (bicyclic) bond motifs is 2. The van der Waals surface area contributed by atoms with E-state index in [0.717, 1.165) is 38.5 Å². The maximum atomic E-state index is 13.4. The molecule has 0 N–H and O–H groups in total. The molecule has 2 heterocycles. The van der Waals surface area contributed by atoms with Crippen molar-refractivity contribution in [3.63, 3.8) is 0 Å². The fraction of sp³-hybridized carbons (Fsp3) is 0.882. The highest BCUT2D eigenvalue weighted by Crippen LogP contribution is 2.61. The second-order valence-electron chi connectivity index (χ2n) is 18.2. The third-order valence-corrected chi connectivity index (χ3v) is 18.5. The van der Waals surface area contributed by atoms with Crippen molar-refractivity contribution >= 4 is 64.3 Å². The van der Waals surface area contributed by atoms with Crippen molar-refractivity contribution in [3.05, 3.63) is 0 Å². The van der Waals surface area contributed by atoms with Crippen LogP contribution in [0.25, 0.3) is 0 Å². The second-order valence-corrected chi connectivity index (χ2v) is 24.3. The lowest BCUT2D eigenvalue weighted by atomic mass is 9.49. The number of alkyl halides is 7. The Labute approximate surface area is 365 Å². The van der Waals surface area contributed by atoms with Gasteiger partial charge in [-0.05, 0) is 82.0 Å². The van der Waals surface area contributed by atoms with E-state index in [1.54, 1.807) is 0 Å². The number of rotatable bonds is 12. The summed E-state index contributed by atoms with van der Waals surface area (Å²) in [6.07, 6.45) is -1.73. The predicted octanol–water partition coefficient (Wildman–Crippen LogP) is 1.40. The summed E-state index contributed by atoms with van der Waals surface area (Å²) in [4.78, 5) is 46.3. The minimum absolute atomic E-state index is 0.0944. The van der Waals surface area contributed by atoms with Crippen LogP contribution in [0.3, 0.4) is 0 Å². The number of hydrogen-bond donors (Lipinski definition) is 0. The Bertz CT molecular complexity index is 2400. The van der Waals surface area contributed by atoms with Crippen molar-refractivity contribution in [2.45, 2.75) is 122 Å². The van der Waals surface area contributed by atoms with Crippen LogP contribution in [0.4, 0.5) is 30.7 Å². The van der Waals surface area contributed by atoms with Crippen molar-refractivity contribution in [2.24, 2.45) is 52.8 Å². The first-order valence-electron chi connectivity index (χ1n) is 20.0. The first-order valence-corrected chi connectivity index (χ1v) is 25.7. The first kappa shape index (κ1) is 49.9. The van der Waals surface area contributed by atoms with Gasteiger partial charge in [-0.25, -0.2) is 39.2 Å². The Hall–Kier alpha value is -2.97. The van der Waals surface area contributed by atoms with Crippen LogP contribution in [-0.4, -0.2) is 129 Å². The van der Waals surface area contributed by atoms with Gasteiger partial charge in [0.15, 0.2) is 36.5 Å². The average molecular weight is 1030 g/mol. The summed E-state index contributed by atoms with van der Waals surface area (Å²) in [6, 6.07) is 0. The zero-order valence-corrected chi connectivity index (χ0v) is 36.3. The lowest BCUT2D eigenvalue weighted by molar-refractivity contribution is -0.176. The van der Waals surface area contributed by atoms with Crippen LogP contribution in [0.5, 0.6) is 0 Å². The summed E-state index contributed by atoms with van der Waals surface area (Å²) in [5.74, 6) is -6.17. The van der Waals surface area contributed by atoms with E-state index in [1.165, 1.54) is 0 Å². The molecule has 11 atom stereocenters. The molecule has 20 nitrogen and oxygen atoms in total. The highest BCUT2D eigenvalue weighted by atomic mass is 32.2. The zero-order valence-electron chi connectivity index (χ0n) is 33.0. The topological polar surface area (TPSA) is 320 Å². The van der Waals surface area contributed by atoms with Crippen molar-refractivity contribution in [1.29, 1.82) is 0 Å². The molecule has 0 radical (unpaired) electrons. The van der Waals surface area contributed by atoms with Gasteiger partial charge in [0.25, 0.3) is 10.1 Å². The average Bonchev–Trinajstić information content (AvgIpc) is 3.99. The van der Waals surface area contributed by atoms with Crippen LogP contribution >= 0.6 is 0 Å². The fourth-order valence-corrected chi connectivity index (χ4v) is 14.6. The Kier molecular flexibility index (Phi) is 12.5. The van der Waals surface area contributed by atoms with E-state index in [4.69, 9.17) is 13.7 Å². The molecule has 8 aliphatic carbocycles. The summed E-state index contributed by atoms with van der Waals surface area (Å²) >= 11 is 0. The molecule has 10 rings (SSSR count). The molecule has 10 aliphatic rings. The molecule has 8 bridgehead atoms. The van der Waals surface area contributed by atoms with Crippen LogP contribution in [0.2, 0.25) is 0 Å². The minimum atomic E-state index is -6.21. The summed E-state index contributed by atoms with van der Waals surface area (Å²) in [5.41, 5.74) is -0.590. The molecular weight excluding hydrogens is 990 g/mol. The quantitative estimate of drug-likeness (QED) is 0.0877. The lowest BCUT2D eigenvalue weighted by Gasteiger charge is -2.55. The molecule has 0 aromatic carbocycles. The number of esters is 4. The maximum absolute atomic E-state index is 13.4. The number of carbonyl (C=O) groups is 4. The van der Waals surface area contributed by atoms with E-state index >= 15 is 0 Å². The van der Waals surface area contributed by atoms with Crippen LogP contribution < -0.4 is 0 Å². The van der Waals surface area contributed by atoms with E-state index < -0.39 is 146 Å². The molecule has 11 unspecified atom stereocenters. The van der Waals surface area contributed by atoms with Crippen LogP contribution in [0.15, 0.2) is 0 Å². The van der Waals surface area contributed by atoms with Crippen LogP contribution in [0.1, 0.15) is 70.6 Å². The number of ether oxygens (including phenoxy) is 4. The van der Waals surface area contributed by atoms with Gasteiger partial charge in [0.05, 0.1) is 23.2 Å². The minimum Gasteiger partial charge on any atom is -0.743 e. The largest absolute Gasteiger partial charge is 0.743 e. The molecule has 2 aliphatic heterocycles. The van der Waals surface area contributed by atoms with Gasteiger partial charge >= 0.3 is 39.6 Å². The van der Waals surface area contributed by atoms with E-state index in [9.17, 15) is 97.2 Å². The third-order valence-electron chi connectivity index (χ3n) is 14.2. The maximum Gasteiger partial charge on any atom is 0.428 e. The van der Waals surface area contributed by atoms with E-state index in [1.807, 2.05) is 0 Å². The third kappa shape index (κ3) is 8.74. The van der Waals surface area contributed by atoms with Crippen LogP contribution in [-0.2, 0) is 82.8 Å². The fourth-order valence-electron chi connectivity index (χ4n) is 11.8. The summed E-state index contributed by atoms with van der Waals surface area (Å²) in [7, 11) is -22.3. The zero-order chi connectivity index (χ0) is 48.4. The molecule has 370 valence electrons. The van der Waals surface area contributed by atoms with E-state index in [2.05, 4.69) is 9.47 Å². The molecule has 8 saturated carbocycles. The lowest BCUT2D eigenvalue weighted by Crippen LogP contribution is -2.50. The number of hydrogen-bond acceptors (Lipinski definition) is 20. The van der Waals surface area contributed by atoms with E-state index in [0.29, 0.717) is 37.0 Å². The molecule has 0 aromatic rings. The van der Waals surface area contributed by atoms with Gasteiger partial charge in [0, 0.05) is 30.1 Å².